The molecule has 0 radical (unpaired) electrons. The number of halogens is 5. The predicted molar refractivity (Wildman–Crippen MR) is 110 cm³/mol. The first-order valence-corrected chi connectivity index (χ1v) is 10.4. The van der Waals surface area contributed by atoms with Crippen molar-refractivity contribution in [3.05, 3.63) is 42.5 Å². The molecule has 0 spiro atoms. The van der Waals surface area contributed by atoms with Gasteiger partial charge >= 0.3 is 18.3 Å². The molecule has 2 aliphatic rings. The Labute approximate surface area is 198 Å². The molecule has 0 aliphatic carbocycles. The number of nitrogens with one attached hydrogen (secondary N) is 2. The Morgan fingerprint density at radius 3 is 2.67 bits per heavy atom. The van der Waals surface area contributed by atoms with Gasteiger partial charge in [0.25, 0.3) is 0 Å². The van der Waals surface area contributed by atoms with E-state index in [-0.39, 0.29) is 36.0 Å². The van der Waals surface area contributed by atoms with Crippen molar-refractivity contribution in [1.82, 2.24) is 30.2 Å². The molecule has 1 unspecified atom stereocenters. The third-order valence-corrected chi connectivity index (χ3v) is 5.54. The van der Waals surface area contributed by atoms with Gasteiger partial charge in [-0.3, -0.25) is 10.1 Å². The highest BCUT2D eigenvalue weighted by atomic mass is 19.4. The molecular formula is C20H16F5N7O4. The average Bonchev–Trinajstić information content (AvgIpc) is 3.37. The lowest BCUT2D eigenvalue weighted by Crippen LogP contribution is -2.51. The number of anilines is 1. The number of ether oxygens (including phenoxy) is 2. The molecule has 190 valence electrons. The second-order valence-corrected chi connectivity index (χ2v) is 8.03. The number of carbonyl (C=O) groups excluding carboxylic acids is 2. The van der Waals surface area contributed by atoms with Crippen molar-refractivity contribution < 1.29 is 41.0 Å². The van der Waals surface area contributed by atoms with E-state index >= 15 is 0 Å². The summed E-state index contributed by atoms with van der Waals surface area (Å²) in [6.07, 6.45) is -3.00. The summed E-state index contributed by atoms with van der Waals surface area (Å²) >= 11 is 0. The van der Waals surface area contributed by atoms with E-state index in [1.165, 1.54) is 27.9 Å². The highest BCUT2D eigenvalue weighted by molar-refractivity contribution is 6.00. The summed E-state index contributed by atoms with van der Waals surface area (Å²) in [6.45, 7) is -1.12. The van der Waals surface area contributed by atoms with E-state index in [1.54, 1.807) is 0 Å². The topological polar surface area (TPSA) is 123 Å². The van der Waals surface area contributed by atoms with Crippen LogP contribution in [0.2, 0.25) is 0 Å². The fourth-order valence-corrected chi connectivity index (χ4v) is 3.93. The molecule has 36 heavy (non-hydrogen) atoms. The van der Waals surface area contributed by atoms with Crippen LogP contribution in [-0.4, -0.2) is 69.5 Å². The summed E-state index contributed by atoms with van der Waals surface area (Å²) in [5, 5.41) is 8.94. The van der Waals surface area contributed by atoms with E-state index in [0.717, 1.165) is 12.1 Å². The number of urea groups is 1. The first kappa shape index (κ1) is 23.5. The Kier molecular flexibility index (Phi) is 5.52. The first-order valence-electron chi connectivity index (χ1n) is 10.4. The molecule has 5 heterocycles. The van der Waals surface area contributed by atoms with Crippen LogP contribution in [0.1, 0.15) is 11.6 Å². The predicted octanol–water partition coefficient (Wildman–Crippen LogP) is 1.85. The number of hydrogen-bond acceptors (Lipinski definition) is 8. The number of pyridine rings is 1. The minimum atomic E-state index is -4.92. The number of nitrogens with zero attached hydrogens (tertiary/aromatic N) is 5. The Morgan fingerprint density at radius 2 is 1.97 bits per heavy atom. The quantitative estimate of drug-likeness (QED) is 0.496. The van der Waals surface area contributed by atoms with Crippen molar-refractivity contribution in [3.8, 4) is 11.6 Å². The Hall–Kier alpha value is -4.24. The maximum absolute atomic E-state index is 14.9. The SMILES string of the molecule is O=C1NCC(c2cc(N3C[C@H](Oc4ccc(OC(F)(F)F)cn4)C(F)(F)C3)c3nccn3n2)C(=O)N1. The number of hydrogen-bond donors (Lipinski definition) is 2. The first-order chi connectivity index (χ1) is 17.0. The molecule has 0 aromatic carbocycles. The van der Waals surface area contributed by atoms with Crippen molar-refractivity contribution in [1.29, 1.82) is 0 Å². The van der Waals surface area contributed by atoms with E-state index in [9.17, 15) is 31.5 Å². The zero-order chi connectivity index (χ0) is 25.7. The van der Waals surface area contributed by atoms with Crippen LogP contribution in [0.15, 0.2) is 36.8 Å². The number of aromatic nitrogens is 4. The van der Waals surface area contributed by atoms with Gasteiger partial charge in [0.2, 0.25) is 11.8 Å². The summed E-state index contributed by atoms with van der Waals surface area (Å²) < 4.78 is 77.1. The number of carbonyl (C=O) groups is 2. The maximum Gasteiger partial charge on any atom is 0.573 e. The van der Waals surface area contributed by atoms with Crippen LogP contribution in [0.5, 0.6) is 11.6 Å². The molecule has 2 N–H and O–H groups in total. The Bertz CT molecular complexity index is 1310. The molecule has 2 atom stereocenters. The van der Waals surface area contributed by atoms with Gasteiger partial charge < -0.3 is 19.7 Å². The normalized spacial score (nSPS) is 21.9. The molecular weight excluding hydrogens is 497 g/mol. The van der Waals surface area contributed by atoms with Crippen molar-refractivity contribution in [3.63, 3.8) is 0 Å². The fraction of sp³-hybridized carbons (Fsp3) is 0.350. The van der Waals surface area contributed by atoms with E-state index < -0.39 is 48.5 Å². The summed E-state index contributed by atoms with van der Waals surface area (Å²) in [6, 6.07) is 2.70. The van der Waals surface area contributed by atoms with E-state index in [0.29, 0.717) is 6.20 Å². The minimum absolute atomic E-state index is 0.0288. The van der Waals surface area contributed by atoms with Gasteiger partial charge in [0.1, 0.15) is 5.75 Å². The van der Waals surface area contributed by atoms with Crippen LogP contribution in [0, 0.1) is 0 Å². The van der Waals surface area contributed by atoms with Gasteiger partial charge in [-0.1, -0.05) is 0 Å². The number of fused-ring (bicyclic) bond motifs is 1. The van der Waals surface area contributed by atoms with Gasteiger partial charge in [-0.05, 0) is 12.1 Å². The molecule has 16 heteroatoms. The summed E-state index contributed by atoms with van der Waals surface area (Å²) in [5.74, 6) is -5.75. The van der Waals surface area contributed by atoms with Gasteiger partial charge in [0.15, 0.2) is 11.8 Å². The number of amides is 3. The lowest BCUT2D eigenvalue weighted by atomic mass is 10.0. The highest BCUT2D eigenvalue weighted by Crippen LogP contribution is 2.36. The third kappa shape index (κ3) is 4.65. The lowest BCUT2D eigenvalue weighted by molar-refractivity contribution is -0.274. The highest BCUT2D eigenvalue weighted by Gasteiger charge is 2.51. The maximum atomic E-state index is 14.9. The van der Waals surface area contributed by atoms with Crippen molar-refractivity contribution in [2.75, 3.05) is 24.5 Å². The Balaban J connectivity index is 1.38. The molecule has 3 aromatic heterocycles. The van der Waals surface area contributed by atoms with Crippen LogP contribution < -0.4 is 25.0 Å². The van der Waals surface area contributed by atoms with E-state index in [1.807, 2.05) is 0 Å². The van der Waals surface area contributed by atoms with Gasteiger partial charge in [0.05, 0.1) is 36.6 Å². The zero-order valence-electron chi connectivity index (χ0n) is 18.0. The molecule has 0 bridgehead atoms. The number of imide groups is 1. The average molecular weight is 513 g/mol. The van der Waals surface area contributed by atoms with Gasteiger partial charge in [0, 0.05) is 25.0 Å². The summed E-state index contributed by atoms with van der Waals surface area (Å²) in [4.78, 5) is 32.8. The van der Waals surface area contributed by atoms with Crippen LogP contribution in [0.4, 0.5) is 32.4 Å². The van der Waals surface area contributed by atoms with Gasteiger partial charge in [-0.25, -0.2) is 28.1 Å². The fourth-order valence-electron chi connectivity index (χ4n) is 3.93. The minimum Gasteiger partial charge on any atom is -0.466 e. The van der Waals surface area contributed by atoms with Gasteiger partial charge in [-0.2, -0.15) is 5.10 Å². The second-order valence-electron chi connectivity index (χ2n) is 8.03. The number of rotatable bonds is 5. The summed E-state index contributed by atoms with van der Waals surface area (Å²) in [5.41, 5.74) is 0.729. The molecule has 2 fully saturated rings. The smallest absolute Gasteiger partial charge is 0.466 e. The van der Waals surface area contributed by atoms with Crippen LogP contribution in [0.3, 0.4) is 0 Å². The standard InChI is InChI=1S/C20H16F5N7O4/c21-19(22)9-31(8-14(19)35-15-2-1-10(6-27-15)36-20(23,24)25)13-5-12(30-32-4-3-26-16(13)32)11-7-28-18(34)29-17(11)33/h1-6,11,14H,7-9H2,(H2,28,29,33,34)/t11?,14-/m0/s1. The van der Waals surface area contributed by atoms with E-state index in [4.69, 9.17) is 4.74 Å². The third-order valence-electron chi connectivity index (χ3n) is 5.54. The van der Waals surface area contributed by atoms with Crippen molar-refractivity contribution in [2.24, 2.45) is 0 Å². The van der Waals surface area contributed by atoms with Crippen molar-refractivity contribution in [2.45, 2.75) is 24.3 Å². The monoisotopic (exact) mass is 513 g/mol. The molecule has 3 aromatic rings. The second kappa shape index (κ2) is 8.46. The molecule has 2 saturated heterocycles. The summed E-state index contributed by atoms with van der Waals surface area (Å²) in [7, 11) is 0. The number of imidazole rings is 1. The van der Waals surface area contributed by atoms with Crippen LogP contribution in [-0.2, 0) is 4.79 Å². The molecule has 0 saturated carbocycles. The lowest BCUT2D eigenvalue weighted by Gasteiger charge is -2.24. The molecule has 5 rings (SSSR count). The molecule has 3 amide bonds. The Morgan fingerprint density at radius 1 is 1.17 bits per heavy atom. The number of alkyl halides is 5. The zero-order valence-corrected chi connectivity index (χ0v) is 18.0. The van der Waals surface area contributed by atoms with Crippen molar-refractivity contribution >= 4 is 23.3 Å². The van der Waals surface area contributed by atoms with Crippen LogP contribution in [0.25, 0.3) is 5.65 Å². The molecule has 2 aliphatic heterocycles. The van der Waals surface area contributed by atoms with Crippen LogP contribution >= 0.6 is 0 Å². The molecule has 11 nitrogen and oxygen atoms in total. The largest absolute Gasteiger partial charge is 0.573 e. The van der Waals surface area contributed by atoms with Gasteiger partial charge in [-0.15, -0.1) is 13.2 Å². The van der Waals surface area contributed by atoms with E-state index in [2.05, 4.69) is 30.4 Å².